The van der Waals surface area contributed by atoms with E-state index in [2.05, 4.69) is 0 Å². The van der Waals surface area contributed by atoms with Gasteiger partial charge in [0, 0.05) is 50.4 Å². The molecular weight excluding hydrogens is 354 g/mol. The average Bonchev–Trinajstić information content (AvgIpc) is 2.77. The van der Waals surface area contributed by atoms with Crippen molar-refractivity contribution in [3.8, 4) is 0 Å². The summed E-state index contributed by atoms with van der Waals surface area (Å²) in [5.41, 5.74) is 2.08. The van der Waals surface area contributed by atoms with Gasteiger partial charge in [0.1, 0.15) is 0 Å². The number of hydrogen-bond acceptors (Lipinski definition) is 3. The van der Waals surface area contributed by atoms with Crippen LogP contribution in [0.4, 0.5) is 0 Å². The van der Waals surface area contributed by atoms with E-state index in [0.29, 0.717) is 50.4 Å². The first-order valence-electron chi connectivity index (χ1n) is 9.54. The zero-order chi connectivity index (χ0) is 19.9. The fourth-order valence-electron chi connectivity index (χ4n) is 3.31. The smallest absolute Gasteiger partial charge is 0.254 e. The number of rotatable bonds is 6. The third kappa shape index (κ3) is 4.57. The second-order valence-electron chi connectivity index (χ2n) is 6.82. The molecule has 6 heteroatoms. The monoisotopic (exact) mass is 379 g/mol. The van der Waals surface area contributed by atoms with Crippen molar-refractivity contribution < 1.29 is 14.4 Å². The number of amides is 3. The van der Waals surface area contributed by atoms with Crippen molar-refractivity contribution in [1.82, 2.24) is 14.7 Å². The molecule has 1 fully saturated rings. The summed E-state index contributed by atoms with van der Waals surface area (Å²) in [5.74, 6) is -0.196. The van der Waals surface area contributed by atoms with Gasteiger partial charge in [0.15, 0.2) is 0 Å². The van der Waals surface area contributed by atoms with Crippen LogP contribution in [0.15, 0.2) is 54.6 Å². The normalized spacial score (nSPS) is 13.9. The summed E-state index contributed by atoms with van der Waals surface area (Å²) in [6, 6.07) is 16.8. The van der Waals surface area contributed by atoms with Gasteiger partial charge in [-0.05, 0) is 30.7 Å². The minimum absolute atomic E-state index is 0.0909. The SMILES string of the molecule is CCN(Cc1ccccc1)C(=O)c1cccc(C(=O)N2CCN(C=O)CC2)c1. The molecule has 0 saturated carbocycles. The van der Waals surface area contributed by atoms with Crippen LogP contribution in [0.3, 0.4) is 0 Å². The van der Waals surface area contributed by atoms with Gasteiger partial charge in [0.05, 0.1) is 0 Å². The molecule has 6 nitrogen and oxygen atoms in total. The van der Waals surface area contributed by atoms with E-state index in [4.69, 9.17) is 0 Å². The van der Waals surface area contributed by atoms with E-state index in [1.807, 2.05) is 37.3 Å². The van der Waals surface area contributed by atoms with Gasteiger partial charge in [0.2, 0.25) is 6.41 Å². The van der Waals surface area contributed by atoms with Crippen LogP contribution in [0.1, 0.15) is 33.2 Å². The van der Waals surface area contributed by atoms with Gasteiger partial charge in [-0.2, -0.15) is 0 Å². The van der Waals surface area contributed by atoms with E-state index in [-0.39, 0.29) is 11.8 Å². The first-order chi connectivity index (χ1) is 13.6. The molecule has 0 spiro atoms. The fraction of sp³-hybridized carbons (Fsp3) is 0.318. The molecule has 3 amide bonds. The van der Waals surface area contributed by atoms with Crippen LogP contribution in [0.2, 0.25) is 0 Å². The van der Waals surface area contributed by atoms with Gasteiger partial charge < -0.3 is 14.7 Å². The molecule has 3 rings (SSSR count). The molecule has 0 atom stereocenters. The van der Waals surface area contributed by atoms with Crippen molar-refractivity contribution in [2.24, 2.45) is 0 Å². The summed E-state index contributed by atoms with van der Waals surface area (Å²) in [7, 11) is 0. The third-order valence-electron chi connectivity index (χ3n) is 4.99. The van der Waals surface area contributed by atoms with E-state index < -0.39 is 0 Å². The van der Waals surface area contributed by atoms with Crippen molar-refractivity contribution in [2.45, 2.75) is 13.5 Å². The predicted molar refractivity (Wildman–Crippen MR) is 107 cm³/mol. The summed E-state index contributed by atoms with van der Waals surface area (Å²) in [6.45, 7) is 5.14. The Morgan fingerprint density at radius 3 is 2.29 bits per heavy atom. The lowest BCUT2D eigenvalue weighted by Gasteiger charge is -2.32. The minimum atomic E-state index is -0.105. The standard InChI is InChI=1S/C22H25N3O3/c1-2-24(16-18-7-4-3-5-8-18)21(27)19-9-6-10-20(15-19)22(28)25-13-11-23(17-26)12-14-25/h3-10,15,17H,2,11-14,16H2,1H3. The Morgan fingerprint density at radius 2 is 1.64 bits per heavy atom. The van der Waals surface area contributed by atoms with Crippen LogP contribution in [0.5, 0.6) is 0 Å². The number of piperazine rings is 1. The molecule has 1 aliphatic rings. The predicted octanol–water partition coefficient (Wildman–Crippen LogP) is 2.26. The zero-order valence-corrected chi connectivity index (χ0v) is 16.1. The number of nitrogens with zero attached hydrogens (tertiary/aromatic N) is 3. The molecule has 0 N–H and O–H groups in total. The minimum Gasteiger partial charge on any atom is -0.342 e. The molecular formula is C22H25N3O3. The van der Waals surface area contributed by atoms with Crippen molar-refractivity contribution in [3.63, 3.8) is 0 Å². The van der Waals surface area contributed by atoms with Crippen molar-refractivity contribution >= 4 is 18.2 Å². The summed E-state index contributed by atoms with van der Waals surface area (Å²) in [6.07, 6.45) is 0.813. The third-order valence-corrected chi connectivity index (χ3v) is 4.99. The number of carbonyl (C=O) groups is 3. The fourth-order valence-corrected chi connectivity index (χ4v) is 3.31. The van der Waals surface area contributed by atoms with Gasteiger partial charge >= 0.3 is 0 Å². The Labute approximate surface area is 165 Å². The van der Waals surface area contributed by atoms with Gasteiger partial charge in [-0.3, -0.25) is 14.4 Å². The molecule has 0 bridgehead atoms. The molecule has 1 saturated heterocycles. The van der Waals surface area contributed by atoms with E-state index in [1.165, 1.54) is 0 Å². The Morgan fingerprint density at radius 1 is 0.964 bits per heavy atom. The molecule has 2 aromatic carbocycles. The molecule has 2 aromatic rings. The Bertz CT molecular complexity index is 830. The zero-order valence-electron chi connectivity index (χ0n) is 16.1. The quantitative estimate of drug-likeness (QED) is 0.724. The summed E-state index contributed by atoms with van der Waals surface area (Å²) >= 11 is 0. The Kier molecular flexibility index (Phi) is 6.42. The van der Waals surface area contributed by atoms with Gasteiger partial charge in [-0.15, -0.1) is 0 Å². The number of benzene rings is 2. The van der Waals surface area contributed by atoms with E-state index >= 15 is 0 Å². The molecule has 146 valence electrons. The topological polar surface area (TPSA) is 60.9 Å². The second-order valence-corrected chi connectivity index (χ2v) is 6.82. The highest BCUT2D eigenvalue weighted by molar-refractivity contribution is 5.99. The van der Waals surface area contributed by atoms with E-state index in [0.717, 1.165) is 12.0 Å². The molecule has 0 aliphatic carbocycles. The van der Waals surface area contributed by atoms with Crippen molar-refractivity contribution in [3.05, 3.63) is 71.3 Å². The highest BCUT2D eigenvalue weighted by atomic mass is 16.2. The van der Waals surface area contributed by atoms with Crippen LogP contribution >= 0.6 is 0 Å². The second kappa shape index (κ2) is 9.17. The maximum absolute atomic E-state index is 13.0. The summed E-state index contributed by atoms with van der Waals surface area (Å²) in [4.78, 5) is 41.7. The molecule has 28 heavy (non-hydrogen) atoms. The molecule has 0 aromatic heterocycles. The van der Waals surface area contributed by atoms with Crippen LogP contribution in [0, 0.1) is 0 Å². The van der Waals surface area contributed by atoms with Crippen LogP contribution in [-0.4, -0.2) is 65.6 Å². The Hall–Kier alpha value is -3.15. The summed E-state index contributed by atoms with van der Waals surface area (Å²) < 4.78 is 0. The average molecular weight is 379 g/mol. The maximum atomic E-state index is 13.0. The van der Waals surface area contributed by atoms with Crippen LogP contribution < -0.4 is 0 Å². The highest BCUT2D eigenvalue weighted by Crippen LogP contribution is 2.14. The van der Waals surface area contributed by atoms with Gasteiger partial charge in [0.25, 0.3) is 11.8 Å². The van der Waals surface area contributed by atoms with Crippen molar-refractivity contribution in [1.29, 1.82) is 0 Å². The van der Waals surface area contributed by atoms with E-state index in [1.54, 1.807) is 39.0 Å². The maximum Gasteiger partial charge on any atom is 0.254 e. The van der Waals surface area contributed by atoms with Crippen LogP contribution in [-0.2, 0) is 11.3 Å². The highest BCUT2D eigenvalue weighted by Gasteiger charge is 2.22. The molecule has 1 heterocycles. The van der Waals surface area contributed by atoms with E-state index in [9.17, 15) is 14.4 Å². The lowest BCUT2D eigenvalue weighted by atomic mass is 10.1. The van der Waals surface area contributed by atoms with Gasteiger partial charge in [-0.1, -0.05) is 36.4 Å². The van der Waals surface area contributed by atoms with Gasteiger partial charge in [-0.25, -0.2) is 0 Å². The molecule has 1 aliphatic heterocycles. The summed E-state index contributed by atoms with van der Waals surface area (Å²) in [5, 5.41) is 0. The molecule has 0 radical (unpaired) electrons. The van der Waals surface area contributed by atoms with Crippen LogP contribution in [0.25, 0.3) is 0 Å². The lowest BCUT2D eigenvalue weighted by molar-refractivity contribution is -0.119. The Balaban J connectivity index is 1.71. The van der Waals surface area contributed by atoms with Crippen molar-refractivity contribution in [2.75, 3.05) is 32.7 Å². The first kappa shape index (κ1) is 19.6. The largest absolute Gasteiger partial charge is 0.342 e. The number of carbonyl (C=O) groups excluding carboxylic acids is 3. The first-order valence-corrected chi connectivity index (χ1v) is 9.54. The lowest BCUT2D eigenvalue weighted by Crippen LogP contribution is -2.48. The number of hydrogen-bond donors (Lipinski definition) is 0. The molecule has 0 unspecified atom stereocenters.